The molecule has 8 nitrogen and oxygen atoms in total. The van der Waals surface area contributed by atoms with Crippen LogP contribution in [-0.2, 0) is 20.9 Å². The normalized spacial score (nSPS) is 21.0. The Kier molecular flexibility index (Phi) is 5.36. The van der Waals surface area contributed by atoms with Crippen LogP contribution < -0.4 is 0 Å². The van der Waals surface area contributed by atoms with Crippen LogP contribution in [0.3, 0.4) is 0 Å². The Bertz CT molecular complexity index is 570. The molecule has 2 heterocycles. The second-order valence-electron chi connectivity index (χ2n) is 5.93. The Hall–Kier alpha value is -2.38. The molecule has 2 amide bonds. The molecular formula is C15H22N4O4. The first-order valence-electron chi connectivity index (χ1n) is 7.61. The van der Waals surface area contributed by atoms with Crippen LogP contribution in [0.25, 0.3) is 0 Å². The molecular weight excluding hydrogens is 300 g/mol. The van der Waals surface area contributed by atoms with E-state index in [0.29, 0.717) is 19.4 Å². The van der Waals surface area contributed by atoms with Crippen molar-refractivity contribution in [2.45, 2.75) is 31.8 Å². The predicted molar refractivity (Wildman–Crippen MR) is 81.4 cm³/mol. The van der Waals surface area contributed by atoms with E-state index in [1.165, 1.54) is 9.80 Å². The maximum absolute atomic E-state index is 12.4. The summed E-state index contributed by atoms with van der Waals surface area (Å²) in [4.78, 5) is 38.8. The maximum atomic E-state index is 12.4. The molecule has 1 aliphatic heterocycles. The van der Waals surface area contributed by atoms with Gasteiger partial charge in [-0.1, -0.05) is 0 Å². The zero-order chi connectivity index (χ0) is 17.0. The number of carbonyl (C=O) groups excluding carboxylic acids is 2. The zero-order valence-corrected chi connectivity index (χ0v) is 13.4. The Morgan fingerprint density at radius 3 is 2.61 bits per heavy atom. The van der Waals surface area contributed by atoms with E-state index in [4.69, 9.17) is 0 Å². The number of aliphatic carboxylic acids is 1. The van der Waals surface area contributed by atoms with E-state index in [0.717, 1.165) is 0 Å². The van der Waals surface area contributed by atoms with Gasteiger partial charge in [-0.15, -0.1) is 0 Å². The highest BCUT2D eigenvalue weighted by molar-refractivity contribution is 5.86. The van der Waals surface area contributed by atoms with Crippen LogP contribution in [0.4, 0.5) is 0 Å². The molecule has 0 saturated carbocycles. The standard InChI is InChI=1S/C15H22N4O4/c1-17(2)14(21)11-4-5-12(15(22)23)19(10-11)13(20)6-9-18-8-3-7-16-18/h3,7-8,11-12H,4-6,9-10H2,1-2H3,(H,22,23). The van der Waals surface area contributed by atoms with Gasteiger partial charge in [-0.05, 0) is 18.9 Å². The average molecular weight is 322 g/mol. The lowest BCUT2D eigenvalue weighted by Gasteiger charge is -2.37. The van der Waals surface area contributed by atoms with E-state index in [9.17, 15) is 19.5 Å². The van der Waals surface area contributed by atoms with Gasteiger partial charge in [0.1, 0.15) is 6.04 Å². The van der Waals surface area contributed by atoms with Gasteiger partial charge in [0.15, 0.2) is 0 Å². The first-order chi connectivity index (χ1) is 10.9. The van der Waals surface area contributed by atoms with Gasteiger partial charge in [-0.25, -0.2) is 4.79 Å². The van der Waals surface area contributed by atoms with Crippen molar-refractivity contribution in [3.8, 4) is 0 Å². The van der Waals surface area contributed by atoms with Crippen LogP contribution >= 0.6 is 0 Å². The number of hydrogen-bond acceptors (Lipinski definition) is 4. The minimum atomic E-state index is -1.02. The van der Waals surface area contributed by atoms with Gasteiger partial charge in [0.25, 0.3) is 0 Å². The van der Waals surface area contributed by atoms with Gasteiger partial charge >= 0.3 is 5.97 Å². The lowest BCUT2D eigenvalue weighted by molar-refractivity contribution is -0.155. The highest BCUT2D eigenvalue weighted by atomic mass is 16.4. The topological polar surface area (TPSA) is 95.7 Å². The first kappa shape index (κ1) is 17.0. The van der Waals surface area contributed by atoms with Crippen molar-refractivity contribution in [1.29, 1.82) is 0 Å². The average Bonchev–Trinajstić information content (AvgIpc) is 3.04. The van der Waals surface area contributed by atoms with Crippen LogP contribution in [0.15, 0.2) is 18.5 Å². The van der Waals surface area contributed by atoms with Crippen molar-refractivity contribution >= 4 is 17.8 Å². The Morgan fingerprint density at radius 2 is 2.04 bits per heavy atom. The number of amides is 2. The van der Waals surface area contributed by atoms with E-state index >= 15 is 0 Å². The fourth-order valence-electron chi connectivity index (χ4n) is 2.86. The molecule has 0 bridgehead atoms. The molecule has 126 valence electrons. The van der Waals surface area contributed by atoms with Gasteiger partial charge in [-0.2, -0.15) is 5.10 Å². The summed E-state index contributed by atoms with van der Waals surface area (Å²) < 4.78 is 1.63. The number of nitrogens with zero attached hydrogens (tertiary/aromatic N) is 4. The number of likely N-dealkylation sites (tertiary alicyclic amines) is 1. The van der Waals surface area contributed by atoms with Crippen molar-refractivity contribution in [1.82, 2.24) is 19.6 Å². The monoisotopic (exact) mass is 322 g/mol. The third-order valence-electron chi connectivity index (χ3n) is 4.09. The van der Waals surface area contributed by atoms with Crippen LogP contribution in [0, 0.1) is 5.92 Å². The molecule has 1 aromatic rings. The van der Waals surface area contributed by atoms with Crippen LogP contribution in [0.1, 0.15) is 19.3 Å². The summed E-state index contributed by atoms with van der Waals surface area (Å²) in [7, 11) is 3.32. The van der Waals surface area contributed by atoms with Crippen LogP contribution in [0.5, 0.6) is 0 Å². The Labute approximate surface area is 134 Å². The van der Waals surface area contributed by atoms with E-state index in [-0.39, 0.29) is 30.7 Å². The van der Waals surface area contributed by atoms with Gasteiger partial charge in [-0.3, -0.25) is 14.3 Å². The van der Waals surface area contributed by atoms with Crippen molar-refractivity contribution < 1.29 is 19.5 Å². The Balaban J connectivity index is 2.04. The van der Waals surface area contributed by atoms with Gasteiger partial charge in [0.05, 0.1) is 5.92 Å². The second kappa shape index (κ2) is 7.26. The largest absolute Gasteiger partial charge is 0.480 e. The second-order valence-corrected chi connectivity index (χ2v) is 5.93. The molecule has 2 unspecified atom stereocenters. The molecule has 23 heavy (non-hydrogen) atoms. The molecule has 0 radical (unpaired) electrons. The fourth-order valence-corrected chi connectivity index (χ4v) is 2.86. The summed E-state index contributed by atoms with van der Waals surface area (Å²) in [6, 6.07) is 0.906. The molecule has 8 heteroatoms. The maximum Gasteiger partial charge on any atom is 0.326 e. The lowest BCUT2D eigenvalue weighted by atomic mass is 9.91. The quantitative estimate of drug-likeness (QED) is 0.826. The summed E-state index contributed by atoms with van der Waals surface area (Å²) in [6.07, 6.45) is 4.31. The number of carboxylic acid groups (broad SMARTS) is 1. The molecule has 1 fully saturated rings. The first-order valence-corrected chi connectivity index (χ1v) is 7.61. The van der Waals surface area contributed by atoms with Crippen molar-refractivity contribution in [3.63, 3.8) is 0 Å². The summed E-state index contributed by atoms with van der Waals surface area (Å²) in [5.41, 5.74) is 0. The minimum absolute atomic E-state index is 0.0706. The van der Waals surface area contributed by atoms with Crippen LogP contribution in [0.2, 0.25) is 0 Å². The zero-order valence-electron chi connectivity index (χ0n) is 13.4. The SMILES string of the molecule is CN(C)C(=O)C1CCC(C(=O)O)N(C(=O)CCn2cccn2)C1. The summed E-state index contributed by atoms with van der Waals surface area (Å²) in [5, 5.41) is 13.4. The number of hydrogen-bond donors (Lipinski definition) is 1. The number of piperidine rings is 1. The molecule has 1 saturated heterocycles. The van der Waals surface area contributed by atoms with Crippen molar-refractivity contribution in [3.05, 3.63) is 18.5 Å². The molecule has 0 aromatic carbocycles. The Morgan fingerprint density at radius 1 is 1.30 bits per heavy atom. The highest BCUT2D eigenvalue weighted by Crippen LogP contribution is 2.24. The lowest BCUT2D eigenvalue weighted by Crippen LogP contribution is -2.53. The van der Waals surface area contributed by atoms with Gasteiger partial charge in [0.2, 0.25) is 11.8 Å². The van der Waals surface area contributed by atoms with Gasteiger partial charge in [0, 0.05) is 46.0 Å². The third kappa shape index (κ3) is 4.08. The van der Waals surface area contributed by atoms with Crippen molar-refractivity contribution in [2.24, 2.45) is 5.92 Å². The van der Waals surface area contributed by atoms with E-state index in [1.807, 2.05) is 0 Å². The number of aryl methyl sites for hydroxylation is 1. The van der Waals surface area contributed by atoms with Gasteiger partial charge < -0.3 is 14.9 Å². The summed E-state index contributed by atoms with van der Waals surface area (Å²) in [6.45, 7) is 0.548. The molecule has 2 rings (SSSR count). The minimum Gasteiger partial charge on any atom is -0.480 e. The number of rotatable bonds is 5. The molecule has 0 spiro atoms. The number of carbonyl (C=O) groups is 3. The fraction of sp³-hybridized carbons (Fsp3) is 0.600. The van der Waals surface area contributed by atoms with E-state index in [1.54, 1.807) is 37.2 Å². The number of carboxylic acids is 1. The summed E-state index contributed by atoms with van der Waals surface area (Å²) in [5.74, 6) is -1.69. The summed E-state index contributed by atoms with van der Waals surface area (Å²) >= 11 is 0. The van der Waals surface area contributed by atoms with E-state index < -0.39 is 12.0 Å². The van der Waals surface area contributed by atoms with Crippen LogP contribution in [-0.4, -0.2) is 69.2 Å². The smallest absolute Gasteiger partial charge is 0.326 e. The molecule has 1 N–H and O–H groups in total. The molecule has 2 atom stereocenters. The predicted octanol–water partition coefficient (Wildman–Crippen LogP) is 0.0532. The van der Waals surface area contributed by atoms with Crippen molar-refractivity contribution in [2.75, 3.05) is 20.6 Å². The van der Waals surface area contributed by atoms with E-state index in [2.05, 4.69) is 5.10 Å². The third-order valence-corrected chi connectivity index (χ3v) is 4.09. The number of aromatic nitrogens is 2. The molecule has 0 aliphatic carbocycles. The molecule has 1 aliphatic rings. The molecule has 1 aromatic heterocycles. The highest BCUT2D eigenvalue weighted by Gasteiger charge is 2.38.